The van der Waals surface area contributed by atoms with Gasteiger partial charge in [-0.05, 0) is 30.6 Å². The van der Waals surface area contributed by atoms with Gasteiger partial charge in [-0.1, -0.05) is 20.8 Å². The summed E-state index contributed by atoms with van der Waals surface area (Å²) >= 11 is 0. The van der Waals surface area contributed by atoms with Crippen LogP contribution >= 0.6 is 0 Å². The molecular formula is C16H27N3O2. The highest BCUT2D eigenvalue weighted by Crippen LogP contribution is 2.41. The zero-order chi connectivity index (χ0) is 15.6. The van der Waals surface area contributed by atoms with Gasteiger partial charge < -0.3 is 15.0 Å². The monoisotopic (exact) mass is 293 g/mol. The number of aromatic nitrogens is 2. The van der Waals surface area contributed by atoms with E-state index in [-0.39, 0.29) is 29.9 Å². The molecule has 1 heterocycles. The molecule has 1 aromatic heterocycles. The number of nitrogens with zero attached hydrogens (tertiary/aromatic N) is 2. The fraction of sp³-hybridized carbons (Fsp3) is 0.750. The van der Waals surface area contributed by atoms with E-state index in [1.54, 1.807) is 12.5 Å². The van der Waals surface area contributed by atoms with Crippen molar-refractivity contribution in [3.8, 4) is 0 Å². The van der Waals surface area contributed by atoms with E-state index in [9.17, 15) is 9.90 Å². The fourth-order valence-electron chi connectivity index (χ4n) is 3.75. The smallest absolute Gasteiger partial charge is 0.223 e. The molecule has 21 heavy (non-hydrogen) atoms. The summed E-state index contributed by atoms with van der Waals surface area (Å²) in [5.74, 6) is 0.648. The average Bonchev–Trinajstić information content (AvgIpc) is 2.79. The molecule has 0 saturated heterocycles. The van der Waals surface area contributed by atoms with Gasteiger partial charge in [0.1, 0.15) is 0 Å². The molecule has 1 fully saturated rings. The van der Waals surface area contributed by atoms with Crippen LogP contribution in [0.25, 0.3) is 0 Å². The Hall–Kier alpha value is -1.36. The first-order valence-electron chi connectivity index (χ1n) is 7.70. The number of nitrogens with one attached hydrogen (secondary N) is 1. The van der Waals surface area contributed by atoms with Gasteiger partial charge >= 0.3 is 0 Å². The second kappa shape index (κ2) is 6.18. The Kier molecular flexibility index (Phi) is 4.71. The van der Waals surface area contributed by atoms with Crippen LogP contribution in [0.1, 0.15) is 51.8 Å². The van der Waals surface area contributed by atoms with E-state index in [0.717, 1.165) is 18.5 Å². The van der Waals surface area contributed by atoms with Crippen molar-refractivity contribution in [3.05, 3.63) is 18.2 Å². The van der Waals surface area contributed by atoms with Crippen LogP contribution in [0.5, 0.6) is 0 Å². The molecule has 5 nitrogen and oxygen atoms in total. The van der Waals surface area contributed by atoms with Crippen molar-refractivity contribution in [2.45, 2.75) is 46.1 Å². The van der Waals surface area contributed by atoms with Gasteiger partial charge in [0.15, 0.2) is 0 Å². The molecule has 118 valence electrons. The summed E-state index contributed by atoms with van der Waals surface area (Å²) in [4.78, 5) is 16.6. The molecular weight excluding hydrogens is 266 g/mol. The lowest BCUT2D eigenvalue weighted by molar-refractivity contribution is -0.129. The molecule has 2 N–H and O–H groups in total. The Morgan fingerprint density at radius 1 is 1.57 bits per heavy atom. The molecule has 0 bridgehead atoms. The minimum atomic E-state index is -0.384. The lowest BCUT2D eigenvalue weighted by Crippen LogP contribution is -2.41. The standard InChI is InChI=1S/C16H27N3O2/c1-11-5-12(7-16(2,3)6-11)15(21)18-13(9-20)14-8-17-10-19(14)4/h8,10-13,20H,5-7,9H2,1-4H3,(H,18,21). The topological polar surface area (TPSA) is 67.2 Å². The quantitative estimate of drug-likeness (QED) is 0.892. The number of hydrogen-bond acceptors (Lipinski definition) is 3. The molecule has 0 aliphatic heterocycles. The Bertz CT molecular complexity index is 495. The van der Waals surface area contributed by atoms with E-state index < -0.39 is 0 Å². The van der Waals surface area contributed by atoms with Gasteiger partial charge in [0.2, 0.25) is 5.91 Å². The highest BCUT2D eigenvalue weighted by atomic mass is 16.3. The SMILES string of the molecule is CC1CC(C(=O)NC(CO)c2cncn2C)CC(C)(C)C1. The maximum atomic E-state index is 12.6. The molecule has 1 aromatic rings. The maximum Gasteiger partial charge on any atom is 0.223 e. The second-order valence-corrected chi connectivity index (χ2v) is 7.28. The summed E-state index contributed by atoms with van der Waals surface area (Å²) in [6.45, 7) is 6.56. The predicted molar refractivity (Wildman–Crippen MR) is 81.5 cm³/mol. The number of aliphatic hydroxyl groups is 1. The third-order valence-electron chi connectivity index (χ3n) is 4.47. The summed E-state index contributed by atoms with van der Waals surface area (Å²) in [5.41, 5.74) is 1.04. The molecule has 1 amide bonds. The van der Waals surface area contributed by atoms with Crippen LogP contribution in [0, 0.1) is 17.3 Å². The van der Waals surface area contributed by atoms with E-state index >= 15 is 0 Å². The van der Waals surface area contributed by atoms with Gasteiger partial charge in [-0.3, -0.25) is 4.79 Å². The van der Waals surface area contributed by atoms with Crippen LogP contribution in [0.3, 0.4) is 0 Å². The van der Waals surface area contributed by atoms with Gasteiger partial charge in [0.05, 0.1) is 30.9 Å². The number of amides is 1. The third kappa shape index (κ3) is 3.84. The molecule has 1 aliphatic rings. The second-order valence-electron chi connectivity index (χ2n) is 7.28. The Morgan fingerprint density at radius 2 is 2.29 bits per heavy atom. The van der Waals surface area contributed by atoms with Crippen LogP contribution in [0.15, 0.2) is 12.5 Å². The van der Waals surface area contributed by atoms with E-state index in [1.165, 1.54) is 6.42 Å². The van der Waals surface area contributed by atoms with Crippen molar-refractivity contribution < 1.29 is 9.90 Å². The molecule has 1 saturated carbocycles. The predicted octanol–water partition coefficient (Wildman–Crippen LogP) is 2.03. The zero-order valence-corrected chi connectivity index (χ0v) is 13.5. The van der Waals surface area contributed by atoms with Crippen molar-refractivity contribution in [1.82, 2.24) is 14.9 Å². The summed E-state index contributed by atoms with van der Waals surface area (Å²) < 4.78 is 1.83. The van der Waals surface area contributed by atoms with Gasteiger partial charge in [0.25, 0.3) is 0 Å². The van der Waals surface area contributed by atoms with Crippen LogP contribution in [0.4, 0.5) is 0 Å². The number of rotatable bonds is 4. The number of hydrogen-bond donors (Lipinski definition) is 2. The van der Waals surface area contributed by atoms with Gasteiger partial charge in [-0.15, -0.1) is 0 Å². The molecule has 0 radical (unpaired) electrons. The Balaban J connectivity index is 2.04. The Labute approximate surface area is 126 Å². The minimum absolute atomic E-state index is 0.0334. The molecule has 1 aliphatic carbocycles. The van der Waals surface area contributed by atoms with Crippen molar-refractivity contribution in [2.75, 3.05) is 6.61 Å². The van der Waals surface area contributed by atoms with Gasteiger partial charge in [-0.25, -0.2) is 4.98 Å². The normalized spacial score (nSPS) is 26.3. The highest BCUT2D eigenvalue weighted by Gasteiger charge is 2.36. The molecule has 0 spiro atoms. The highest BCUT2D eigenvalue weighted by molar-refractivity contribution is 5.79. The minimum Gasteiger partial charge on any atom is -0.394 e. The Morgan fingerprint density at radius 3 is 2.81 bits per heavy atom. The molecule has 3 unspecified atom stereocenters. The third-order valence-corrected chi connectivity index (χ3v) is 4.47. The molecule has 5 heteroatoms. The lowest BCUT2D eigenvalue weighted by Gasteiger charge is -2.38. The molecule has 2 rings (SSSR count). The van der Waals surface area contributed by atoms with Gasteiger partial charge in [0, 0.05) is 13.0 Å². The number of aryl methyl sites for hydroxylation is 1. The number of carbonyl (C=O) groups excluding carboxylic acids is 1. The van der Waals surface area contributed by atoms with Crippen LogP contribution in [-0.2, 0) is 11.8 Å². The van der Waals surface area contributed by atoms with Crippen LogP contribution in [0.2, 0.25) is 0 Å². The largest absolute Gasteiger partial charge is 0.394 e. The van der Waals surface area contributed by atoms with Crippen molar-refractivity contribution in [1.29, 1.82) is 0 Å². The number of aliphatic hydroxyl groups excluding tert-OH is 1. The summed E-state index contributed by atoms with van der Waals surface area (Å²) in [5, 5.41) is 12.6. The fourth-order valence-corrected chi connectivity index (χ4v) is 3.75. The number of imidazole rings is 1. The maximum absolute atomic E-state index is 12.6. The first-order chi connectivity index (χ1) is 9.82. The molecule has 0 aromatic carbocycles. The number of carbonyl (C=O) groups is 1. The van der Waals surface area contributed by atoms with Crippen molar-refractivity contribution in [2.24, 2.45) is 24.3 Å². The van der Waals surface area contributed by atoms with Crippen LogP contribution < -0.4 is 5.32 Å². The molecule has 3 atom stereocenters. The first-order valence-corrected chi connectivity index (χ1v) is 7.70. The summed E-state index contributed by atoms with van der Waals surface area (Å²) in [6, 6.07) is -0.384. The van der Waals surface area contributed by atoms with E-state index in [2.05, 4.69) is 31.1 Å². The van der Waals surface area contributed by atoms with E-state index in [4.69, 9.17) is 0 Å². The van der Waals surface area contributed by atoms with E-state index in [1.807, 2.05) is 11.6 Å². The van der Waals surface area contributed by atoms with Gasteiger partial charge in [-0.2, -0.15) is 0 Å². The zero-order valence-electron chi connectivity index (χ0n) is 13.5. The van der Waals surface area contributed by atoms with Crippen LogP contribution in [-0.4, -0.2) is 27.2 Å². The van der Waals surface area contributed by atoms with Crippen molar-refractivity contribution in [3.63, 3.8) is 0 Å². The summed E-state index contributed by atoms with van der Waals surface area (Å²) in [7, 11) is 1.86. The summed E-state index contributed by atoms with van der Waals surface area (Å²) in [6.07, 6.45) is 6.37. The van der Waals surface area contributed by atoms with E-state index in [0.29, 0.717) is 5.92 Å². The van der Waals surface area contributed by atoms with Crippen molar-refractivity contribution >= 4 is 5.91 Å². The first kappa shape index (κ1) is 16.0. The average molecular weight is 293 g/mol. The lowest BCUT2D eigenvalue weighted by atomic mass is 9.68.